The average molecular weight is 105 g/mol. The summed E-state index contributed by atoms with van der Waals surface area (Å²) in [6, 6.07) is 0. The first-order valence-electron chi connectivity index (χ1n) is 1.69. The number of rotatable bonds is 2. The summed E-state index contributed by atoms with van der Waals surface area (Å²) in [5, 5.41) is 0. The Morgan fingerprint density at radius 2 is 2.43 bits per heavy atom. The van der Waals surface area contributed by atoms with E-state index >= 15 is 0 Å². The van der Waals surface area contributed by atoms with Gasteiger partial charge in [-0.3, -0.25) is 0 Å². The van der Waals surface area contributed by atoms with Crippen molar-refractivity contribution in [1.82, 2.24) is 0 Å². The summed E-state index contributed by atoms with van der Waals surface area (Å²) in [7, 11) is 0. The Kier molecular flexibility index (Phi) is 3.10. The highest BCUT2D eigenvalue weighted by molar-refractivity contribution is 5.85. The van der Waals surface area contributed by atoms with E-state index in [-0.39, 0.29) is 0 Å². The van der Waals surface area contributed by atoms with Crippen molar-refractivity contribution < 1.29 is 8.78 Å². The van der Waals surface area contributed by atoms with E-state index in [0.717, 1.165) is 6.08 Å². The molecule has 0 radical (unpaired) electrons. The van der Waals surface area contributed by atoms with Gasteiger partial charge in [-0.05, 0) is 6.08 Å². The molecule has 0 aromatic carbocycles. The molecular weight excluding hydrogens is 100 g/mol. The number of alkyl halides is 1. The summed E-state index contributed by atoms with van der Waals surface area (Å²) in [5.74, 6) is -0.859. The monoisotopic (exact) mass is 105 g/mol. The Hall–Kier alpha value is -0.730. The molecule has 0 heterocycles. The molecule has 0 saturated carbocycles. The summed E-state index contributed by atoms with van der Waals surface area (Å²) in [4.78, 5) is 2.71. The van der Waals surface area contributed by atoms with Crippen molar-refractivity contribution >= 4 is 5.97 Å². The van der Waals surface area contributed by atoms with Gasteiger partial charge in [0.05, 0.1) is 0 Å². The number of hydrogen-bond donors (Lipinski definition) is 0. The number of allylic oxidation sites excluding steroid dienone is 1. The number of halogens is 2. The van der Waals surface area contributed by atoms with E-state index in [0.29, 0.717) is 0 Å². The second kappa shape index (κ2) is 3.46. The van der Waals surface area contributed by atoms with Crippen LogP contribution in [0.25, 0.3) is 0 Å². The smallest absolute Gasteiger partial charge is 0.210 e. The molecule has 0 bridgehead atoms. The fourth-order valence-corrected chi connectivity index (χ4v) is 0.122. The molecule has 0 unspecified atom stereocenters. The summed E-state index contributed by atoms with van der Waals surface area (Å²) in [5.41, 5.74) is 0. The predicted molar refractivity (Wildman–Crippen MR) is 24.7 cm³/mol. The van der Waals surface area contributed by atoms with E-state index in [9.17, 15) is 8.78 Å². The molecule has 0 saturated heterocycles. The summed E-state index contributed by atoms with van der Waals surface area (Å²) < 4.78 is 22.5. The van der Waals surface area contributed by atoms with Crippen molar-refractivity contribution in [3.8, 4) is 0 Å². The van der Waals surface area contributed by atoms with E-state index in [1.54, 1.807) is 0 Å². The zero-order chi connectivity index (χ0) is 5.70. The largest absolute Gasteiger partial charge is 0.225 e. The van der Waals surface area contributed by atoms with E-state index in [1.165, 1.54) is 0 Å². The quantitative estimate of drug-likeness (QED) is 0.372. The zero-order valence-electron chi connectivity index (χ0n) is 3.69. The molecule has 0 fully saturated rings. The summed E-state index contributed by atoms with van der Waals surface area (Å²) in [6.45, 7) is 1.99. The molecule has 0 atom stereocenters. The highest BCUT2D eigenvalue weighted by Crippen LogP contribution is 1.80. The zero-order valence-corrected chi connectivity index (χ0v) is 3.69. The average Bonchev–Trinajstić information content (AvgIpc) is 1.68. The van der Waals surface area contributed by atoms with Gasteiger partial charge in [0.1, 0.15) is 0 Å². The van der Waals surface area contributed by atoms with Gasteiger partial charge in [0.15, 0.2) is 6.80 Å². The molecule has 0 aliphatic carbocycles. The first-order chi connectivity index (χ1) is 3.31. The van der Waals surface area contributed by atoms with E-state index in [1.807, 2.05) is 0 Å². The maximum atomic E-state index is 11.5. The Morgan fingerprint density at radius 1 is 1.86 bits per heavy atom. The van der Waals surface area contributed by atoms with Gasteiger partial charge in [-0.25, -0.2) is 9.38 Å². The molecule has 7 heavy (non-hydrogen) atoms. The molecule has 0 aliphatic rings. The van der Waals surface area contributed by atoms with Crippen molar-refractivity contribution in [2.24, 2.45) is 4.99 Å². The molecule has 0 rings (SSSR count). The molecule has 0 aliphatic heterocycles. The predicted octanol–water partition coefficient (Wildman–Crippen LogP) is 1.47. The van der Waals surface area contributed by atoms with E-state index < -0.39 is 12.8 Å². The van der Waals surface area contributed by atoms with Gasteiger partial charge in [0.2, 0.25) is 5.97 Å². The van der Waals surface area contributed by atoms with Crippen LogP contribution in [-0.4, -0.2) is 12.8 Å². The van der Waals surface area contributed by atoms with Crippen LogP contribution in [-0.2, 0) is 0 Å². The Labute approximate surface area is 40.4 Å². The summed E-state index contributed by atoms with van der Waals surface area (Å²) in [6.07, 6.45) is 0.847. The van der Waals surface area contributed by atoms with Gasteiger partial charge in [0, 0.05) is 0 Å². The van der Waals surface area contributed by atoms with Crippen LogP contribution in [0.1, 0.15) is 0 Å². The standard InChI is InChI=1S/C4H5F2N/c1-2-4(6)7-3-5/h2H,1,3H2. The van der Waals surface area contributed by atoms with Gasteiger partial charge in [-0.2, -0.15) is 4.39 Å². The molecule has 0 amide bonds. The van der Waals surface area contributed by atoms with Crippen LogP contribution in [0.4, 0.5) is 8.78 Å². The number of nitrogens with zero attached hydrogens (tertiary/aromatic N) is 1. The van der Waals surface area contributed by atoms with Crippen molar-refractivity contribution in [2.75, 3.05) is 6.80 Å². The van der Waals surface area contributed by atoms with Gasteiger partial charge >= 0.3 is 0 Å². The normalized spacial score (nSPS) is 11.4. The van der Waals surface area contributed by atoms with Crippen LogP contribution < -0.4 is 0 Å². The second-order valence-corrected chi connectivity index (χ2v) is 0.804. The highest BCUT2D eigenvalue weighted by atomic mass is 19.1. The lowest BCUT2D eigenvalue weighted by Crippen LogP contribution is -1.79. The fourth-order valence-electron chi connectivity index (χ4n) is 0.122. The Morgan fingerprint density at radius 3 is 2.57 bits per heavy atom. The van der Waals surface area contributed by atoms with Crippen molar-refractivity contribution in [1.29, 1.82) is 0 Å². The minimum Gasteiger partial charge on any atom is -0.225 e. The first-order valence-corrected chi connectivity index (χ1v) is 1.69. The number of hydrogen-bond acceptors (Lipinski definition) is 1. The lowest BCUT2D eigenvalue weighted by Gasteiger charge is -1.76. The van der Waals surface area contributed by atoms with Crippen LogP contribution in [0.5, 0.6) is 0 Å². The molecule has 1 nitrogen and oxygen atoms in total. The maximum Gasteiger partial charge on any atom is 0.210 e. The minimum absolute atomic E-state index is 0.847. The highest BCUT2D eigenvalue weighted by Gasteiger charge is 1.80. The van der Waals surface area contributed by atoms with E-state index in [4.69, 9.17) is 0 Å². The van der Waals surface area contributed by atoms with Crippen molar-refractivity contribution in [3.05, 3.63) is 12.7 Å². The molecular formula is C4H5F2N. The lowest BCUT2D eigenvalue weighted by atomic mass is 10.7. The van der Waals surface area contributed by atoms with Crippen LogP contribution in [0.15, 0.2) is 17.6 Å². The minimum atomic E-state index is -1.02. The number of aliphatic imine (C=N–C) groups is 1. The van der Waals surface area contributed by atoms with Crippen LogP contribution in [0.2, 0.25) is 0 Å². The van der Waals surface area contributed by atoms with Crippen LogP contribution in [0, 0.1) is 0 Å². The fraction of sp³-hybridized carbons (Fsp3) is 0.250. The molecule has 0 N–H and O–H groups in total. The molecule has 0 spiro atoms. The van der Waals surface area contributed by atoms with Crippen LogP contribution >= 0.6 is 0 Å². The third kappa shape index (κ3) is 3.09. The molecule has 3 heteroatoms. The molecule has 0 aromatic rings. The third-order valence-corrected chi connectivity index (χ3v) is 0.379. The summed E-state index contributed by atoms with van der Waals surface area (Å²) >= 11 is 0. The van der Waals surface area contributed by atoms with Crippen LogP contribution in [0.3, 0.4) is 0 Å². The topological polar surface area (TPSA) is 12.4 Å². The van der Waals surface area contributed by atoms with Gasteiger partial charge in [-0.1, -0.05) is 6.58 Å². The first kappa shape index (κ1) is 6.27. The van der Waals surface area contributed by atoms with Crippen molar-refractivity contribution in [2.45, 2.75) is 0 Å². The van der Waals surface area contributed by atoms with E-state index in [2.05, 4.69) is 11.6 Å². The van der Waals surface area contributed by atoms with Crippen molar-refractivity contribution in [3.63, 3.8) is 0 Å². The molecule has 0 aromatic heterocycles. The van der Waals surface area contributed by atoms with Gasteiger partial charge < -0.3 is 0 Å². The van der Waals surface area contributed by atoms with Gasteiger partial charge in [0.25, 0.3) is 0 Å². The third-order valence-electron chi connectivity index (χ3n) is 0.379. The maximum absolute atomic E-state index is 11.5. The lowest BCUT2D eigenvalue weighted by molar-refractivity contribution is 0.508. The SMILES string of the molecule is C=CC(F)=NCF. The Balaban J connectivity index is 3.49. The molecule has 40 valence electrons. The Bertz CT molecular complexity index is 87.7. The second-order valence-electron chi connectivity index (χ2n) is 0.804. The van der Waals surface area contributed by atoms with Gasteiger partial charge in [-0.15, -0.1) is 0 Å².